The van der Waals surface area contributed by atoms with Crippen LogP contribution >= 0.6 is 11.6 Å². The second-order valence-corrected chi connectivity index (χ2v) is 4.86. The molecule has 3 heteroatoms. The van der Waals surface area contributed by atoms with Crippen LogP contribution in [0.25, 0.3) is 0 Å². The molecule has 0 bridgehead atoms. The minimum Gasteiger partial charge on any atom is -0.338 e. The van der Waals surface area contributed by atoms with Gasteiger partial charge in [0.1, 0.15) is 0 Å². The van der Waals surface area contributed by atoms with Crippen LogP contribution in [0.2, 0.25) is 5.02 Å². The molecule has 0 saturated carbocycles. The van der Waals surface area contributed by atoms with Crippen molar-refractivity contribution in [3.8, 4) is 0 Å². The highest BCUT2D eigenvalue weighted by Crippen LogP contribution is 2.19. The fourth-order valence-corrected chi connectivity index (χ4v) is 2.27. The predicted octanol–water partition coefficient (Wildman–Crippen LogP) is 4.12. The molecule has 0 atom stereocenters. The Bertz CT molecular complexity index is 388. The Morgan fingerprint density at radius 1 is 1.22 bits per heavy atom. The first kappa shape index (κ1) is 15.0. The molecule has 0 aliphatic heterocycles. The van der Waals surface area contributed by atoms with Crippen LogP contribution in [0.5, 0.6) is 0 Å². The van der Waals surface area contributed by atoms with Crippen LogP contribution < -0.4 is 0 Å². The average molecular weight is 268 g/mol. The zero-order chi connectivity index (χ0) is 13.5. The molecule has 100 valence electrons. The molecule has 0 aromatic heterocycles. The van der Waals surface area contributed by atoms with Gasteiger partial charge in [0, 0.05) is 24.0 Å². The highest BCUT2D eigenvalue weighted by atomic mass is 35.5. The SMILES string of the molecule is CCC(CC)C(=O)N(CC)Cc1ccccc1Cl. The number of carbonyl (C=O) groups is 1. The maximum absolute atomic E-state index is 12.3. The molecule has 0 aliphatic rings. The molecule has 0 aliphatic carbocycles. The third kappa shape index (κ3) is 3.74. The van der Waals surface area contributed by atoms with E-state index in [9.17, 15) is 4.79 Å². The van der Waals surface area contributed by atoms with Crippen molar-refractivity contribution in [2.45, 2.75) is 40.2 Å². The quantitative estimate of drug-likeness (QED) is 0.759. The van der Waals surface area contributed by atoms with Gasteiger partial charge in [0.2, 0.25) is 5.91 Å². The van der Waals surface area contributed by atoms with Gasteiger partial charge in [0.15, 0.2) is 0 Å². The number of hydrogen-bond acceptors (Lipinski definition) is 1. The molecular formula is C15H22ClNO. The van der Waals surface area contributed by atoms with Crippen LogP contribution in [-0.4, -0.2) is 17.4 Å². The number of benzene rings is 1. The largest absolute Gasteiger partial charge is 0.338 e. The highest BCUT2D eigenvalue weighted by Gasteiger charge is 2.20. The van der Waals surface area contributed by atoms with E-state index in [1.807, 2.05) is 36.1 Å². The summed E-state index contributed by atoms with van der Waals surface area (Å²) in [5.74, 6) is 0.370. The number of amides is 1. The lowest BCUT2D eigenvalue weighted by Crippen LogP contribution is -2.35. The van der Waals surface area contributed by atoms with E-state index in [1.54, 1.807) is 0 Å². The molecule has 1 amide bonds. The van der Waals surface area contributed by atoms with Gasteiger partial charge < -0.3 is 4.90 Å². The highest BCUT2D eigenvalue weighted by molar-refractivity contribution is 6.31. The van der Waals surface area contributed by atoms with Crippen molar-refractivity contribution in [2.75, 3.05) is 6.54 Å². The lowest BCUT2D eigenvalue weighted by atomic mass is 10.0. The summed E-state index contributed by atoms with van der Waals surface area (Å²) in [5, 5.41) is 0.730. The molecule has 1 aromatic carbocycles. The Hall–Kier alpha value is -1.02. The maximum atomic E-state index is 12.3. The van der Waals surface area contributed by atoms with Gasteiger partial charge in [-0.05, 0) is 31.4 Å². The van der Waals surface area contributed by atoms with Crippen molar-refractivity contribution in [3.63, 3.8) is 0 Å². The first-order chi connectivity index (χ1) is 8.63. The van der Waals surface area contributed by atoms with Gasteiger partial charge in [-0.15, -0.1) is 0 Å². The van der Waals surface area contributed by atoms with Gasteiger partial charge in [0.05, 0.1) is 0 Å². The van der Waals surface area contributed by atoms with Crippen molar-refractivity contribution >= 4 is 17.5 Å². The number of rotatable bonds is 6. The fraction of sp³-hybridized carbons (Fsp3) is 0.533. The van der Waals surface area contributed by atoms with E-state index in [1.165, 1.54) is 0 Å². The summed E-state index contributed by atoms with van der Waals surface area (Å²) in [7, 11) is 0. The summed E-state index contributed by atoms with van der Waals surface area (Å²) in [5.41, 5.74) is 1.01. The monoisotopic (exact) mass is 267 g/mol. The van der Waals surface area contributed by atoms with Gasteiger partial charge in [0.25, 0.3) is 0 Å². The van der Waals surface area contributed by atoms with Crippen LogP contribution in [0.4, 0.5) is 0 Å². The van der Waals surface area contributed by atoms with Crippen molar-refractivity contribution in [1.82, 2.24) is 4.90 Å². The van der Waals surface area contributed by atoms with Crippen molar-refractivity contribution in [2.24, 2.45) is 5.92 Å². The van der Waals surface area contributed by atoms with Gasteiger partial charge in [-0.1, -0.05) is 43.6 Å². The van der Waals surface area contributed by atoms with Crippen LogP contribution in [-0.2, 0) is 11.3 Å². The van der Waals surface area contributed by atoms with Gasteiger partial charge >= 0.3 is 0 Å². The van der Waals surface area contributed by atoms with Gasteiger partial charge in [-0.2, -0.15) is 0 Å². The minimum absolute atomic E-state index is 0.132. The molecular weight excluding hydrogens is 246 g/mol. The lowest BCUT2D eigenvalue weighted by Gasteiger charge is -2.25. The number of halogens is 1. The first-order valence-corrected chi connectivity index (χ1v) is 7.03. The minimum atomic E-state index is 0.132. The van der Waals surface area contributed by atoms with E-state index in [0.717, 1.165) is 30.0 Å². The molecule has 2 nitrogen and oxygen atoms in total. The molecule has 0 radical (unpaired) electrons. The molecule has 0 unspecified atom stereocenters. The standard InChI is InChI=1S/C15H22ClNO/c1-4-12(5-2)15(18)17(6-3)11-13-9-7-8-10-14(13)16/h7-10,12H,4-6,11H2,1-3H3. The van der Waals surface area contributed by atoms with Gasteiger partial charge in [-0.25, -0.2) is 0 Å². The number of hydrogen-bond donors (Lipinski definition) is 0. The van der Waals surface area contributed by atoms with E-state index in [2.05, 4.69) is 13.8 Å². The second kappa shape index (κ2) is 7.42. The van der Waals surface area contributed by atoms with E-state index < -0.39 is 0 Å². The van der Waals surface area contributed by atoms with Crippen LogP contribution in [0.1, 0.15) is 39.2 Å². The van der Waals surface area contributed by atoms with E-state index in [-0.39, 0.29) is 11.8 Å². The molecule has 0 heterocycles. The summed E-state index contributed by atoms with van der Waals surface area (Å²) in [6, 6.07) is 7.71. The molecule has 1 aromatic rings. The summed E-state index contributed by atoms with van der Waals surface area (Å²) >= 11 is 6.14. The van der Waals surface area contributed by atoms with E-state index >= 15 is 0 Å². The molecule has 0 N–H and O–H groups in total. The molecule has 18 heavy (non-hydrogen) atoms. The third-order valence-corrected chi connectivity index (χ3v) is 3.72. The Kier molecular flexibility index (Phi) is 6.20. The summed E-state index contributed by atoms with van der Waals surface area (Å²) in [6.07, 6.45) is 1.79. The van der Waals surface area contributed by atoms with E-state index in [4.69, 9.17) is 11.6 Å². The molecule has 1 rings (SSSR count). The fourth-order valence-electron chi connectivity index (χ4n) is 2.07. The molecule has 0 spiro atoms. The number of nitrogens with zero attached hydrogens (tertiary/aromatic N) is 1. The Balaban J connectivity index is 2.79. The summed E-state index contributed by atoms with van der Waals surface area (Å²) in [6.45, 7) is 7.47. The molecule has 0 fully saturated rings. The lowest BCUT2D eigenvalue weighted by molar-refractivity contribution is -0.136. The normalized spacial score (nSPS) is 10.7. The predicted molar refractivity (Wildman–Crippen MR) is 76.6 cm³/mol. The van der Waals surface area contributed by atoms with E-state index in [0.29, 0.717) is 6.54 Å². The third-order valence-electron chi connectivity index (χ3n) is 3.35. The zero-order valence-electron chi connectivity index (χ0n) is 11.4. The second-order valence-electron chi connectivity index (χ2n) is 4.46. The number of carbonyl (C=O) groups excluding carboxylic acids is 1. The van der Waals surface area contributed by atoms with Crippen LogP contribution in [0.3, 0.4) is 0 Å². The Morgan fingerprint density at radius 2 is 1.83 bits per heavy atom. The topological polar surface area (TPSA) is 20.3 Å². The maximum Gasteiger partial charge on any atom is 0.225 e. The Morgan fingerprint density at radius 3 is 2.33 bits per heavy atom. The molecule has 0 saturated heterocycles. The van der Waals surface area contributed by atoms with Crippen molar-refractivity contribution in [3.05, 3.63) is 34.9 Å². The summed E-state index contributed by atoms with van der Waals surface area (Å²) in [4.78, 5) is 14.2. The van der Waals surface area contributed by atoms with Crippen LogP contribution in [0.15, 0.2) is 24.3 Å². The Labute approximate surface area is 115 Å². The zero-order valence-corrected chi connectivity index (χ0v) is 12.2. The van der Waals surface area contributed by atoms with Gasteiger partial charge in [-0.3, -0.25) is 4.79 Å². The van der Waals surface area contributed by atoms with Crippen LogP contribution in [0, 0.1) is 5.92 Å². The first-order valence-electron chi connectivity index (χ1n) is 6.66. The smallest absolute Gasteiger partial charge is 0.225 e. The average Bonchev–Trinajstić information content (AvgIpc) is 2.39. The summed E-state index contributed by atoms with van der Waals surface area (Å²) < 4.78 is 0. The van der Waals surface area contributed by atoms with Crippen molar-refractivity contribution in [1.29, 1.82) is 0 Å². The van der Waals surface area contributed by atoms with Crippen molar-refractivity contribution < 1.29 is 4.79 Å².